The van der Waals surface area contributed by atoms with Crippen LogP contribution < -0.4 is 21.5 Å². The highest BCUT2D eigenvalue weighted by atomic mass is 16.2. The molecule has 16 rings (SSSR count). The van der Waals surface area contributed by atoms with Gasteiger partial charge in [0.15, 0.2) is 0 Å². The number of pyridine rings is 1. The fourth-order valence-corrected chi connectivity index (χ4v) is 13.9. The highest BCUT2D eigenvalue weighted by Gasteiger charge is 2.32. The first-order chi connectivity index (χ1) is 64.1. The molecule has 8 aliphatic carbocycles. The van der Waals surface area contributed by atoms with E-state index in [2.05, 4.69) is 221 Å². The normalized spacial score (nSPS) is 20.0. The van der Waals surface area contributed by atoms with E-state index in [4.69, 9.17) is 0 Å². The molecule has 0 radical (unpaired) electrons. The molecule has 16 nitrogen and oxygen atoms in total. The van der Waals surface area contributed by atoms with Crippen molar-refractivity contribution in [3.8, 4) is 0 Å². The third kappa shape index (κ3) is 65.8. The van der Waals surface area contributed by atoms with E-state index in [1.165, 1.54) is 120 Å². The molecule has 3 saturated heterocycles. The van der Waals surface area contributed by atoms with Crippen LogP contribution in [0.2, 0.25) is 0 Å². The predicted molar refractivity (Wildman–Crippen MR) is 567 cm³/mol. The van der Waals surface area contributed by atoms with Crippen molar-refractivity contribution in [2.24, 2.45) is 41.4 Å². The average Bonchev–Trinajstić information content (AvgIpc) is 1.81. The van der Waals surface area contributed by atoms with Gasteiger partial charge in [-0.25, -0.2) is 0 Å². The highest BCUT2D eigenvalue weighted by molar-refractivity contribution is 6.04. The Bertz CT molecular complexity index is 3770. The predicted octanol–water partition coefficient (Wildman–Crippen LogP) is 29.9. The van der Waals surface area contributed by atoms with Crippen LogP contribution in [0.25, 0.3) is 12.2 Å². The van der Waals surface area contributed by atoms with Crippen LogP contribution in [-0.4, -0.2) is 68.8 Å². The number of Topliss-reactive ketones (excluding diaryl/α,β-unsaturated/α-hetero) is 6. The van der Waals surface area contributed by atoms with Crippen LogP contribution in [0.5, 0.6) is 0 Å². The van der Waals surface area contributed by atoms with Crippen molar-refractivity contribution in [2.75, 3.05) is 0 Å². The third-order valence-electron chi connectivity index (χ3n) is 20.6. The number of piperidine rings is 3. The summed E-state index contributed by atoms with van der Waals surface area (Å²) in [4.78, 5) is 131. The molecule has 7 atom stereocenters. The lowest BCUT2D eigenvalue weighted by molar-refractivity contribution is -0.137. The molecule has 8 fully saturated rings. The molecule has 5 amide bonds. The Morgan fingerprint density at radius 1 is 0.346 bits per heavy atom. The number of benzene rings is 4. The van der Waals surface area contributed by atoms with Gasteiger partial charge in [0.2, 0.25) is 29.5 Å². The van der Waals surface area contributed by atoms with Crippen molar-refractivity contribution in [2.45, 2.75) is 411 Å². The quantitative estimate of drug-likeness (QED) is 0.0864. The average molecular weight is 1840 g/mol. The van der Waals surface area contributed by atoms with Crippen LogP contribution in [0.1, 0.15) is 425 Å². The molecule has 5 saturated carbocycles. The first kappa shape index (κ1) is 134. The minimum absolute atomic E-state index is 0.0164. The molecule has 133 heavy (non-hydrogen) atoms. The topological polar surface area (TPSA) is 246 Å². The molecule has 5 aromatic rings. The van der Waals surface area contributed by atoms with Gasteiger partial charge in [0.25, 0.3) is 5.56 Å². The van der Waals surface area contributed by atoms with Crippen molar-refractivity contribution in [3.05, 3.63) is 214 Å². The first-order valence-corrected chi connectivity index (χ1v) is 51.8. The second kappa shape index (κ2) is 91.7. The number of hydrogen-bond acceptors (Lipinski definition) is 12. The van der Waals surface area contributed by atoms with E-state index in [9.17, 15) is 57.5 Å². The third-order valence-corrected chi connectivity index (χ3v) is 20.6. The largest absolute Gasteiger partial charge is 0.330 e. The molecule has 4 heterocycles. The number of ketones is 6. The van der Waals surface area contributed by atoms with Gasteiger partial charge in [-0.15, -0.1) is 0 Å². The van der Waals surface area contributed by atoms with E-state index in [1.807, 2.05) is 141 Å². The number of hydrogen-bond donors (Lipinski definition) is 3. The Balaban J connectivity index is -0.000000327. The number of allylic oxidation sites excluding steroid dienone is 5. The number of imide groups is 2. The van der Waals surface area contributed by atoms with Gasteiger partial charge < -0.3 is 9.88 Å². The van der Waals surface area contributed by atoms with Gasteiger partial charge in [0.05, 0.1) is 19.3 Å². The summed E-state index contributed by atoms with van der Waals surface area (Å²) < 4.78 is 1.35. The van der Waals surface area contributed by atoms with Crippen LogP contribution in [-0.2, 0) is 72.0 Å². The van der Waals surface area contributed by atoms with Gasteiger partial charge >= 0.3 is 0 Å². The monoisotopic (exact) mass is 1840 g/mol. The van der Waals surface area contributed by atoms with Crippen molar-refractivity contribution in [3.63, 3.8) is 0 Å². The summed E-state index contributed by atoms with van der Waals surface area (Å²) in [6, 6.07) is 41.8. The molecule has 0 bridgehead atoms. The number of fused-ring (bicyclic) bond motifs is 3. The maximum absolute atomic E-state index is 11.6. The Morgan fingerprint density at radius 2 is 0.699 bits per heavy atom. The van der Waals surface area contributed by atoms with E-state index in [1.54, 1.807) is 44.0 Å². The van der Waals surface area contributed by atoms with Crippen LogP contribution in [0, 0.1) is 41.4 Å². The summed E-state index contributed by atoms with van der Waals surface area (Å²) in [6.07, 6.45) is 45.6. The standard InChI is InChI=1S/C13H14O2.C11H12.C10H10N2O3.2C9H8.C8H14.C7H11NO.2C7H10O2.C6H9NO2.6C3H8.6C2H6/c14-12-7-6-11(13(15)9-12)8-10-4-2-1-3-5-10;1-2-6-10(7-3-1)11-8-4-5-9-11;13-8-5-4-7(10(15)11-8)12-6-2-1-3-9(12)14;2*1-2-5-9-7-3-6-8(9)4-1;1-3-7-5-2-6-8(7)4-1;1-5-3-4-6(2)8-7(5)9;2*1-5-2-3-6(8)4-7(5)9;1-4-2-3-5(8)7-6(4)9;6*1-3-2;6*1-2/h1-5,11H,6-9H2;1-4,6-8,11H,5,9H2;1-3,6-7H,4-5H2,(H,11,13,15);2*1-6H,7H2;7-8H,1-6H2;5H,2-4H2,1H3,(H,8,9);2*5H,2-4H2,1H3;4H,2-3H2,1H3,(H,7,8,9);6*3H2,1-2H3;6*1-2H3. The van der Waals surface area contributed by atoms with Gasteiger partial charge in [-0.05, 0) is 128 Å². The number of nitrogens with one attached hydrogen (secondary N) is 3. The Morgan fingerprint density at radius 3 is 1.05 bits per heavy atom. The number of aromatic nitrogens is 1. The molecule has 16 heteroatoms. The zero-order chi connectivity index (χ0) is 102. The molecular weight excluding hydrogens is 1650 g/mol. The fourth-order valence-electron chi connectivity index (χ4n) is 13.9. The van der Waals surface area contributed by atoms with Crippen molar-refractivity contribution < 1.29 is 52.7 Å². The lowest BCUT2D eigenvalue weighted by atomic mass is 9.83. The molecule has 1 aromatic heterocycles. The van der Waals surface area contributed by atoms with Gasteiger partial charge in [-0.1, -0.05) is 429 Å². The Hall–Kier alpha value is -9.44. The number of carbonyl (C=O) groups is 11. The van der Waals surface area contributed by atoms with Gasteiger partial charge in [0, 0.05) is 85.6 Å². The summed E-state index contributed by atoms with van der Waals surface area (Å²) in [5.74, 6) is 3.39. The minimum atomic E-state index is -0.559. The molecule has 11 aliphatic rings. The second-order valence-corrected chi connectivity index (χ2v) is 32.9. The van der Waals surface area contributed by atoms with Crippen LogP contribution in [0.3, 0.4) is 0 Å². The van der Waals surface area contributed by atoms with E-state index >= 15 is 0 Å². The SMILES string of the molecule is C1=CC(c2ccccc2)CC1.C1=Cc2ccccc2C1.C1=Cc2ccccc2C1.C1CC2CCCC2C1.C=C1CCC(C)C(=O)N1.CC.CC.CC.CC.CC.CC.CC1CCC(=O)CC1=O.CC1CCC(=O)CC1=O.CC1CCC(=O)NC1=O.CCC.CCC.CCC.CCC.CCC.CCC.O=C1CCC(Cc2ccccc2)C(=O)C1.O=C1CCC(n2ccccc2=O)C(=O)N1. The van der Waals surface area contributed by atoms with Crippen LogP contribution in [0.15, 0.2) is 175 Å². The fraction of sp³-hybridized carbons (Fsp3) is 0.590. The summed E-state index contributed by atoms with van der Waals surface area (Å²) in [6.45, 7) is 60.7. The number of rotatable bonds is 4. The molecule has 4 aromatic carbocycles. The molecule has 3 aliphatic heterocycles. The maximum atomic E-state index is 11.6. The molecule has 7 unspecified atom stereocenters. The second-order valence-electron chi connectivity index (χ2n) is 32.9. The van der Waals surface area contributed by atoms with E-state index in [-0.39, 0.29) is 119 Å². The molecule has 750 valence electrons. The summed E-state index contributed by atoms with van der Waals surface area (Å²) in [5.41, 5.74) is 8.96. The number of carbonyl (C=O) groups excluding carboxylic acids is 11. The molecule has 3 N–H and O–H groups in total. The van der Waals surface area contributed by atoms with Crippen molar-refractivity contribution in [1.82, 2.24) is 20.5 Å². The smallest absolute Gasteiger partial charge is 0.251 e. The van der Waals surface area contributed by atoms with E-state index < -0.39 is 11.9 Å². The Kier molecular flexibility index (Phi) is 92.6. The van der Waals surface area contributed by atoms with E-state index in [0.29, 0.717) is 44.4 Å². The summed E-state index contributed by atoms with van der Waals surface area (Å²) >= 11 is 0. The molecule has 0 spiro atoms. The summed E-state index contributed by atoms with van der Waals surface area (Å²) in [5, 5.41) is 7.16. The molecular formula is C117H190N4O12. The first-order valence-electron chi connectivity index (χ1n) is 51.8. The van der Waals surface area contributed by atoms with Gasteiger partial charge in [0.1, 0.15) is 40.7 Å². The van der Waals surface area contributed by atoms with Crippen LogP contribution >= 0.6 is 0 Å². The van der Waals surface area contributed by atoms with Gasteiger partial charge in [-0.3, -0.25) is 68.2 Å². The highest BCUT2D eigenvalue weighted by Crippen LogP contribution is 2.43. The summed E-state index contributed by atoms with van der Waals surface area (Å²) in [7, 11) is 0. The van der Waals surface area contributed by atoms with Crippen molar-refractivity contribution in [1.29, 1.82) is 0 Å². The lowest BCUT2D eigenvalue weighted by Crippen LogP contribution is -2.44. The zero-order valence-corrected chi connectivity index (χ0v) is 89.0. The maximum Gasteiger partial charge on any atom is 0.251 e. The number of amides is 5. The van der Waals surface area contributed by atoms with Crippen LogP contribution in [0.4, 0.5) is 0 Å². The lowest BCUT2D eigenvalue weighted by Gasteiger charge is -2.22. The van der Waals surface area contributed by atoms with Crippen molar-refractivity contribution >= 4 is 76.4 Å². The Labute approximate surface area is 811 Å². The van der Waals surface area contributed by atoms with Gasteiger partial charge in [-0.2, -0.15) is 0 Å². The minimum Gasteiger partial charge on any atom is -0.330 e. The zero-order valence-electron chi connectivity index (χ0n) is 89.0. The van der Waals surface area contributed by atoms with E-state index in [0.717, 1.165) is 57.1 Å². The number of nitrogens with zero attached hydrogens (tertiary/aromatic N) is 1.